The van der Waals surface area contributed by atoms with Gasteiger partial charge in [-0.25, -0.2) is 4.68 Å². The largest absolute Gasteiger partial charge is 0.338 e. The number of aromatic nitrogens is 2. The molecule has 0 bridgehead atoms. The molecule has 3 heterocycles. The Bertz CT molecular complexity index is 666. The molecule has 2 aromatic rings. The lowest BCUT2D eigenvalue weighted by molar-refractivity contribution is -0.129. The highest BCUT2D eigenvalue weighted by molar-refractivity contribution is 5.80. The van der Waals surface area contributed by atoms with Crippen molar-refractivity contribution in [2.45, 2.75) is 31.3 Å². The predicted octanol–water partition coefficient (Wildman–Crippen LogP) is 1.38. The Hall–Kier alpha value is -2.14. The second kappa shape index (κ2) is 5.57. The Morgan fingerprint density at radius 2 is 2.14 bits per heavy atom. The van der Waals surface area contributed by atoms with Crippen LogP contribution in [0.4, 0.5) is 0 Å². The number of rotatable bonds is 4. The molecular weight excluding hydrogens is 276 g/mol. The number of fused-ring (bicyclic) bond motifs is 1. The molecular formula is C17H20N4O. The van der Waals surface area contributed by atoms with Crippen LogP contribution in [0.5, 0.6) is 0 Å². The summed E-state index contributed by atoms with van der Waals surface area (Å²) in [6.07, 6.45) is 6.56. The van der Waals surface area contributed by atoms with E-state index < -0.39 is 0 Å². The van der Waals surface area contributed by atoms with Crippen LogP contribution in [0.25, 0.3) is 5.69 Å². The van der Waals surface area contributed by atoms with E-state index in [1.165, 1.54) is 5.56 Å². The van der Waals surface area contributed by atoms with E-state index in [2.05, 4.69) is 21.5 Å². The highest BCUT2D eigenvalue weighted by atomic mass is 16.2. The second-order valence-corrected chi connectivity index (χ2v) is 6.09. The maximum Gasteiger partial charge on any atom is 0.224 e. The van der Waals surface area contributed by atoms with Crippen LogP contribution in [-0.2, 0) is 11.2 Å². The first-order chi connectivity index (χ1) is 10.8. The first-order valence-electron chi connectivity index (χ1n) is 7.93. The van der Waals surface area contributed by atoms with Gasteiger partial charge in [0.15, 0.2) is 0 Å². The maximum atomic E-state index is 12.1. The van der Waals surface area contributed by atoms with Crippen molar-refractivity contribution in [2.75, 3.05) is 13.1 Å². The zero-order valence-corrected chi connectivity index (χ0v) is 12.5. The van der Waals surface area contributed by atoms with Gasteiger partial charge in [0.1, 0.15) is 0 Å². The molecule has 22 heavy (non-hydrogen) atoms. The molecule has 1 aromatic carbocycles. The number of hydrogen-bond donors (Lipinski definition) is 1. The molecule has 5 heteroatoms. The number of carbonyl (C=O) groups excluding carboxylic acids is 1. The molecule has 2 atom stereocenters. The monoisotopic (exact) mass is 296 g/mol. The van der Waals surface area contributed by atoms with Gasteiger partial charge in [-0.3, -0.25) is 4.79 Å². The van der Waals surface area contributed by atoms with E-state index in [1.54, 1.807) is 0 Å². The zero-order valence-electron chi connectivity index (χ0n) is 12.5. The number of benzene rings is 1. The minimum atomic E-state index is 0.289. The molecule has 0 unspecified atom stereocenters. The van der Waals surface area contributed by atoms with Crippen LogP contribution in [0.3, 0.4) is 0 Å². The minimum Gasteiger partial charge on any atom is -0.338 e. The highest BCUT2D eigenvalue weighted by Gasteiger charge is 2.41. The van der Waals surface area contributed by atoms with Crippen LogP contribution in [0.1, 0.15) is 18.4 Å². The van der Waals surface area contributed by atoms with Crippen molar-refractivity contribution in [1.82, 2.24) is 20.0 Å². The Kier molecular flexibility index (Phi) is 3.42. The molecule has 114 valence electrons. The molecule has 0 spiro atoms. The third kappa shape index (κ3) is 2.41. The van der Waals surface area contributed by atoms with Crippen LogP contribution in [0, 0.1) is 0 Å². The normalized spacial score (nSPS) is 24.0. The molecule has 1 aromatic heterocycles. The smallest absolute Gasteiger partial charge is 0.224 e. The van der Waals surface area contributed by atoms with E-state index in [1.807, 2.05) is 41.2 Å². The van der Waals surface area contributed by atoms with E-state index in [0.29, 0.717) is 18.5 Å². The number of para-hydroxylation sites is 1. The Balaban J connectivity index is 1.42. The van der Waals surface area contributed by atoms with Crippen molar-refractivity contribution < 1.29 is 4.79 Å². The Morgan fingerprint density at radius 1 is 1.27 bits per heavy atom. The van der Waals surface area contributed by atoms with Crippen molar-refractivity contribution in [3.05, 3.63) is 48.3 Å². The van der Waals surface area contributed by atoms with Gasteiger partial charge in [0.25, 0.3) is 0 Å². The summed E-state index contributed by atoms with van der Waals surface area (Å²) < 4.78 is 1.89. The third-order valence-electron chi connectivity index (χ3n) is 4.72. The molecule has 2 fully saturated rings. The second-order valence-electron chi connectivity index (χ2n) is 6.09. The molecule has 0 aliphatic carbocycles. The van der Waals surface area contributed by atoms with Gasteiger partial charge in [-0.1, -0.05) is 18.2 Å². The molecule has 4 rings (SSSR count). The lowest BCUT2D eigenvalue weighted by Crippen LogP contribution is -2.37. The number of carbonyl (C=O) groups is 1. The van der Waals surface area contributed by atoms with Gasteiger partial charge < -0.3 is 10.2 Å². The van der Waals surface area contributed by atoms with E-state index in [9.17, 15) is 4.79 Å². The summed E-state index contributed by atoms with van der Waals surface area (Å²) in [6.45, 7) is 1.83. The van der Waals surface area contributed by atoms with Gasteiger partial charge in [-0.05, 0) is 37.1 Å². The number of amides is 1. The highest BCUT2D eigenvalue weighted by Crippen LogP contribution is 2.26. The number of nitrogens with one attached hydrogen (secondary N) is 1. The minimum absolute atomic E-state index is 0.289. The molecule has 1 amide bonds. The van der Waals surface area contributed by atoms with Crippen molar-refractivity contribution in [2.24, 2.45) is 0 Å². The first-order valence-corrected chi connectivity index (χ1v) is 7.93. The molecule has 1 N–H and O–H groups in total. The molecule has 2 aliphatic heterocycles. The predicted molar refractivity (Wildman–Crippen MR) is 83.8 cm³/mol. The standard InChI is InChI=1S/C17H20N4O/c22-17-10-15-16(6-8-18-15)20(17)9-7-13-11-19-21(12-13)14-4-2-1-3-5-14/h1-5,11-12,15-16,18H,6-10H2/t15-,16-/m1/s1. The van der Waals surface area contributed by atoms with Crippen molar-refractivity contribution in [3.63, 3.8) is 0 Å². The lowest BCUT2D eigenvalue weighted by atomic mass is 10.1. The fourth-order valence-corrected chi connectivity index (χ4v) is 3.58. The summed E-state index contributed by atoms with van der Waals surface area (Å²) in [5.74, 6) is 0.289. The summed E-state index contributed by atoms with van der Waals surface area (Å²) >= 11 is 0. The van der Waals surface area contributed by atoms with E-state index in [4.69, 9.17) is 0 Å². The Labute approximate surface area is 129 Å². The molecule has 5 nitrogen and oxygen atoms in total. The number of nitrogens with zero attached hydrogens (tertiary/aromatic N) is 3. The first kappa shape index (κ1) is 13.5. The van der Waals surface area contributed by atoms with Crippen LogP contribution in [0.15, 0.2) is 42.7 Å². The van der Waals surface area contributed by atoms with Crippen LogP contribution >= 0.6 is 0 Å². The summed E-state index contributed by atoms with van der Waals surface area (Å²) in [4.78, 5) is 14.2. The van der Waals surface area contributed by atoms with Gasteiger partial charge in [-0.15, -0.1) is 0 Å². The molecule has 0 radical (unpaired) electrons. The number of likely N-dealkylation sites (tertiary alicyclic amines) is 1. The van der Waals surface area contributed by atoms with Crippen LogP contribution < -0.4 is 5.32 Å². The van der Waals surface area contributed by atoms with Crippen molar-refractivity contribution in [3.8, 4) is 5.69 Å². The molecule has 2 aliphatic rings. The van der Waals surface area contributed by atoms with E-state index in [-0.39, 0.29) is 5.91 Å². The molecule has 0 saturated carbocycles. The third-order valence-corrected chi connectivity index (χ3v) is 4.72. The average Bonchev–Trinajstić information content (AvgIpc) is 3.23. The van der Waals surface area contributed by atoms with Gasteiger partial charge >= 0.3 is 0 Å². The van der Waals surface area contributed by atoms with E-state index in [0.717, 1.165) is 31.6 Å². The van der Waals surface area contributed by atoms with Crippen molar-refractivity contribution >= 4 is 5.91 Å². The fraction of sp³-hybridized carbons (Fsp3) is 0.412. The summed E-state index contributed by atoms with van der Waals surface area (Å²) in [7, 11) is 0. The average molecular weight is 296 g/mol. The quantitative estimate of drug-likeness (QED) is 0.927. The SMILES string of the molecule is O=C1C[C@H]2NCC[C@H]2N1CCc1cnn(-c2ccccc2)c1. The summed E-state index contributed by atoms with van der Waals surface area (Å²) in [5.41, 5.74) is 2.23. The van der Waals surface area contributed by atoms with Gasteiger partial charge in [0.2, 0.25) is 5.91 Å². The fourth-order valence-electron chi connectivity index (χ4n) is 3.58. The topological polar surface area (TPSA) is 50.2 Å². The van der Waals surface area contributed by atoms with Crippen LogP contribution in [-0.4, -0.2) is 45.8 Å². The van der Waals surface area contributed by atoms with Gasteiger partial charge in [0.05, 0.1) is 11.9 Å². The zero-order chi connectivity index (χ0) is 14.9. The Morgan fingerprint density at radius 3 is 3.00 bits per heavy atom. The summed E-state index contributed by atoms with van der Waals surface area (Å²) in [5, 5.41) is 7.84. The van der Waals surface area contributed by atoms with Gasteiger partial charge in [-0.2, -0.15) is 5.10 Å². The van der Waals surface area contributed by atoms with E-state index >= 15 is 0 Å². The lowest BCUT2D eigenvalue weighted by Gasteiger charge is -2.23. The van der Waals surface area contributed by atoms with Gasteiger partial charge in [0, 0.05) is 31.2 Å². The van der Waals surface area contributed by atoms with Crippen LogP contribution in [0.2, 0.25) is 0 Å². The molecule has 2 saturated heterocycles. The van der Waals surface area contributed by atoms with Crippen molar-refractivity contribution in [1.29, 1.82) is 0 Å². The number of hydrogen-bond acceptors (Lipinski definition) is 3. The maximum absolute atomic E-state index is 12.1. The summed E-state index contributed by atoms with van der Waals surface area (Å²) in [6, 6.07) is 10.9.